The van der Waals surface area contributed by atoms with Crippen molar-refractivity contribution >= 4 is 37.5 Å². The van der Waals surface area contributed by atoms with Crippen molar-refractivity contribution < 1.29 is 13.2 Å². The van der Waals surface area contributed by atoms with Crippen molar-refractivity contribution in [1.29, 1.82) is 0 Å². The molecule has 1 heterocycles. The number of nitrogens with zero attached hydrogens (tertiary/aromatic N) is 2. The molecule has 6 nitrogen and oxygen atoms in total. The Bertz CT molecular complexity index is 969. The molecule has 0 spiro atoms. The van der Waals surface area contributed by atoms with E-state index in [4.69, 9.17) is 0 Å². The Labute approximate surface area is 181 Å². The van der Waals surface area contributed by atoms with E-state index in [0.717, 1.165) is 17.6 Å². The number of halogens is 1. The Kier molecular flexibility index (Phi) is 6.97. The van der Waals surface area contributed by atoms with E-state index in [-0.39, 0.29) is 23.8 Å². The summed E-state index contributed by atoms with van der Waals surface area (Å²) in [6.45, 7) is 7.17. The first-order valence-electron chi connectivity index (χ1n) is 9.62. The van der Waals surface area contributed by atoms with Crippen LogP contribution in [0, 0.1) is 13.8 Å². The fraction of sp³-hybridized carbons (Fsp3) is 0.381. The molecule has 29 heavy (non-hydrogen) atoms. The second kappa shape index (κ2) is 9.28. The first-order valence-corrected chi connectivity index (χ1v) is 11.9. The van der Waals surface area contributed by atoms with Crippen LogP contribution < -0.4 is 9.62 Å². The average molecular weight is 480 g/mol. The molecule has 156 valence electrons. The van der Waals surface area contributed by atoms with E-state index in [2.05, 4.69) is 57.6 Å². The topological polar surface area (TPSA) is 69.7 Å². The lowest BCUT2D eigenvalue weighted by molar-refractivity contribution is -0.131. The van der Waals surface area contributed by atoms with Gasteiger partial charge in [-0.05, 0) is 55.3 Å². The van der Waals surface area contributed by atoms with Gasteiger partial charge in [-0.2, -0.15) is 0 Å². The summed E-state index contributed by atoms with van der Waals surface area (Å²) in [7, 11) is -3.61. The van der Waals surface area contributed by atoms with Gasteiger partial charge in [-0.1, -0.05) is 28.1 Å². The van der Waals surface area contributed by atoms with Crippen molar-refractivity contribution in [2.24, 2.45) is 0 Å². The summed E-state index contributed by atoms with van der Waals surface area (Å²) in [5.41, 5.74) is 3.76. The number of hydrogen-bond donors (Lipinski definition) is 1. The number of rotatable bonds is 6. The van der Waals surface area contributed by atoms with E-state index < -0.39 is 10.0 Å². The Balaban J connectivity index is 1.49. The van der Waals surface area contributed by atoms with E-state index >= 15 is 0 Å². The van der Waals surface area contributed by atoms with Gasteiger partial charge in [0.2, 0.25) is 15.9 Å². The van der Waals surface area contributed by atoms with Gasteiger partial charge >= 0.3 is 0 Å². The van der Waals surface area contributed by atoms with Crippen molar-refractivity contribution in [1.82, 2.24) is 9.62 Å². The molecule has 0 atom stereocenters. The number of nitrogens with one attached hydrogen (secondary N) is 1. The number of aryl methyl sites for hydroxylation is 1. The van der Waals surface area contributed by atoms with Crippen molar-refractivity contribution in [3.8, 4) is 0 Å². The summed E-state index contributed by atoms with van der Waals surface area (Å²) in [6, 6.07) is 12.7. The second-order valence-corrected chi connectivity index (χ2v) is 9.87. The molecule has 1 aliphatic heterocycles. The van der Waals surface area contributed by atoms with Crippen molar-refractivity contribution in [2.45, 2.75) is 25.2 Å². The molecular weight excluding hydrogens is 454 g/mol. The summed E-state index contributed by atoms with van der Waals surface area (Å²) in [6.07, 6.45) is 0.152. The van der Waals surface area contributed by atoms with Gasteiger partial charge in [0.05, 0.1) is 4.90 Å². The summed E-state index contributed by atoms with van der Waals surface area (Å²) in [4.78, 5) is 16.8. The number of anilines is 1. The monoisotopic (exact) mass is 479 g/mol. The lowest BCUT2D eigenvalue weighted by atomic mass is 10.1. The highest BCUT2D eigenvalue weighted by atomic mass is 79.9. The predicted octanol–water partition coefficient (Wildman–Crippen LogP) is 3.08. The molecule has 1 fully saturated rings. The summed E-state index contributed by atoms with van der Waals surface area (Å²) < 4.78 is 27.9. The van der Waals surface area contributed by atoms with Crippen molar-refractivity contribution in [2.75, 3.05) is 37.6 Å². The van der Waals surface area contributed by atoms with Crippen LogP contribution in [0.1, 0.15) is 17.5 Å². The Morgan fingerprint density at radius 1 is 1.03 bits per heavy atom. The highest BCUT2D eigenvalue weighted by Gasteiger charge is 2.22. The minimum Gasteiger partial charge on any atom is -0.368 e. The second-order valence-electron chi connectivity index (χ2n) is 7.19. The van der Waals surface area contributed by atoms with Crippen LogP contribution in [0.5, 0.6) is 0 Å². The Morgan fingerprint density at radius 3 is 2.34 bits per heavy atom. The minimum atomic E-state index is -3.61. The van der Waals surface area contributed by atoms with E-state index in [9.17, 15) is 13.2 Å². The van der Waals surface area contributed by atoms with Crippen LogP contribution in [0.3, 0.4) is 0 Å². The maximum absolute atomic E-state index is 12.5. The zero-order valence-corrected chi connectivity index (χ0v) is 19.1. The van der Waals surface area contributed by atoms with Gasteiger partial charge in [-0.15, -0.1) is 0 Å². The number of piperazine rings is 1. The molecule has 1 N–H and O–H groups in total. The standard InChI is InChI=1S/C21H26BrN3O3S/c1-16-4-3-5-20(17(16)2)24-12-14-25(15-13-24)21(26)10-11-23-29(27,28)19-8-6-18(22)7-9-19/h3-9,23H,10-15H2,1-2H3. The number of carbonyl (C=O) groups excluding carboxylic acids is 1. The SMILES string of the molecule is Cc1cccc(N2CCN(C(=O)CCNS(=O)(=O)c3ccc(Br)cc3)CC2)c1C. The van der Waals surface area contributed by atoms with Crippen LogP contribution in [-0.4, -0.2) is 51.9 Å². The molecule has 1 aliphatic rings. The van der Waals surface area contributed by atoms with Gasteiger partial charge in [0, 0.05) is 49.3 Å². The van der Waals surface area contributed by atoms with E-state index in [1.165, 1.54) is 28.9 Å². The minimum absolute atomic E-state index is 0.0240. The van der Waals surface area contributed by atoms with E-state index in [1.807, 2.05) is 4.90 Å². The quantitative estimate of drug-likeness (QED) is 0.690. The maximum atomic E-state index is 12.5. The number of amides is 1. The zero-order chi connectivity index (χ0) is 21.0. The molecule has 3 rings (SSSR count). The van der Waals surface area contributed by atoms with Crippen LogP contribution in [-0.2, 0) is 14.8 Å². The molecule has 8 heteroatoms. The largest absolute Gasteiger partial charge is 0.368 e. The van der Waals surface area contributed by atoms with Gasteiger partial charge in [-0.25, -0.2) is 13.1 Å². The number of sulfonamides is 1. The maximum Gasteiger partial charge on any atom is 0.240 e. The first kappa shape index (κ1) is 21.8. The highest BCUT2D eigenvalue weighted by Crippen LogP contribution is 2.24. The van der Waals surface area contributed by atoms with Crippen molar-refractivity contribution in [3.63, 3.8) is 0 Å². The molecular formula is C21H26BrN3O3S. The number of benzene rings is 2. The normalized spacial score (nSPS) is 14.9. The highest BCUT2D eigenvalue weighted by molar-refractivity contribution is 9.10. The molecule has 0 saturated carbocycles. The molecule has 2 aromatic carbocycles. The van der Waals surface area contributed by atoms with Gasteiger partial charge in [0.15, 0.2) is 0 Å². The molecule has 1 saturated heterocycles. The molecule has 0 bridgehead atoms. The van der Waals surface area contributed by atoms with Crippen molar-refractivity contribution in [3.05, 3.63) is 58.1 Å². The number of carbonyl (C=O) groups is 1. The van der Waals surface area contributed by atoms with Crippen LogP contribution in [0.2, 0.25) is 0 Å². The van der Waals surface area contributed by atoms with E-state index in [1.54, 1.807) is 12.1 Å². The molecule has 0 aromatic heterocycles. The Morgan fingerprint density at radius 2 is 1.69 bits per heavy atom. The summed E-state index contributed by atoms with van der Waals surface area (Å²) >= 11 is 3.29. The molecule has 1 amide bonds. The summed E-state index contributed by atoms with van der Waals surface area (Å²) in [5.74, 6) is -0.0240. The van der Waals surface area contributed by atoms with Crippen LogP contribution in [0.4, 0.5) is 5.69 Å². The molecule has 0 unspecified atom stereocenters. The molecule has 2 aromatic rings. The third-order valence-corrected chi connectivity index (χ3v) is 7.31. The fourth-order valence-corrected chi connectivity index (χ4v) is 4.72. The fourth-order valence-electron chi connectivity index (χ4n) is 3.42. The third kappa shape index (κ3) is 5.38. The smallest absolute Gasteiger partial charge is 0.240 e. The van der Waals surface area contributed by atoms with Gasteiger partial charge in [-0.3, -0.25) is 4.79 Å². The first-order chi connectivity index (χ1) is 13.8. The third-order valence-electron chi connectivity index (χ3n) is 5.30. The average Bonchev–Trinajstić information content (AvgIpc) is 2.70. The van der Waals surface area contributed by atoms with Crippen LogP contribution in [0.25, 0.3) is 0 Å². The van der Waals surface area contributed by atoms with Crippen LogP contribution in [0.15, 0.2) is 51.8 Å². The van der Waals surface area contributed by atoms with Gasteiger partial charge < -0.3 is 9.80 Å². The summed E-state index contributed by atoms with van der Waals surface area (Å²) in [5, 5.41) is 0. The predicted molar refractivity (Wildman–Crippen MR) is 119 cm³/mol. The van der Waals surface area contributed by atoms with Gasteiger partial charge in [0.25, 0.3) is 0 Å². The number of hydrogen-bond acceptors (Lipinski definition) is 4. The Hall–Kier alpha value is -1.90. The molecule has 0 aliphatic carbocycles. The lowest BCUT2D eigenvalue weighted by Crippen LogP contribution is -2.49. The van der Waals surface area contributed by atoms with Gasteiger partial charge in [0.1, 0.15) is 0 Å². The molecule has 0 radical (unpaired) electrons. The van der Waals surface area contributed by atoms with E-state index in [0.29, 0.717) is 13.1 Å². The zero-order valence-electron chi connectivity index (χ0n) is 16.7. The van der Waals surface area contributed by atoms with Crippen LogP contribution >= 0.6 is 15.9 Å². The lowest BCUT2D eigenvalue weighted by Gasteiger charge is -2.37.